The summed E-state index contributed by atoms with van der Waals surface area (Å²) in [5, 5.41) is 3.39. The molecule has 3 N–H and O–H groups in total. The van der Waals surface area contributed by atoms with E-state index in [4.69, 9.17) is 5.73 Å². The Morgan fingerprint density at radius 3 is 2.90 bits per heavy atom. The second-order valence-electron chi connectivity index (χ2n) is 5.41. The molecule has 0 saturated carbocycles. The van der Waals surface area contributed by atoms with Crippen molar-refractivity contribution in [1.29, 1.82) is 0 Å². The van der Waals surface area contributed by atoms with Gasteiger partial charge in [0.05, 0.1) is 6.04 Å². The Kier molecular flexibility index (Phi) is 3.26. The molecular formula is C15H19N5. The summed E-state index contributed by atoms with van der Waals surface area (Å²) in [5.41, 5.74) is 11.1. The normalized spacial score (nSPS) is 17.6. The zero-order valence-corrected chi connectivity index (χ0v) is 11.8. The zero-order valence-electron chi connectivity index (χ0n) is 11.8. The largest absolute Gasteiger partial charge is 0.368 e. The minimum absolute atomic E-state index is 0.249. The van der Waals surface area contributed by atoms with Crippen molar-refractivity contribution in [1.82, 2.24) is 15.0 Å². The number of benzene rings is 1. The van der Waals surface area contributed by atoms with Gasteiger partial charge in [-0.3, -0.25) is 0 Å². The molecular weight excluding hydrogens is 250 g/mol. The first-order valence-corrected chi connectivity index (χ1v) is 6.94. The molecule has 1 atom stereocenters. The Morgan fingerprint density at radius 1 is 1.25 bits per heavy atom. The van der Waals surface area contributed by atoms with Crippen molar-refractivity contribution in [2.24, 2.45) is 0 Å². The van der Waals surface area contributed by atoms with Crippen LogP contribution in [0.3, 0.4) is 0 Å². The van der Waals surface area contributed by atoms with Crippen LogP contribution in [0.5, 0.6) is 0 Å². The van der Waals surface area contributed by atoms with Crippen LogP contribution in [0.2, 0.25) is 0 Å². The first kappa shape index (κ1) is 12.8. The van der Waals surface area contributed by atoms with Gasteiger partial charge in [-0.2, -0.15) is 4.98 Å². The van der Waals surface area contributed by atoms with Gasteiger partial charge in [0.25, 0.3) is 0 Å². The van der Waals surface area contributed by atoms with E-state index in [0.29, 0.717) is 5.95 Å². The Labute approximate surface area is 118 Å². The number of nitrogen functional groups attached to an aromatic ring is 1. The molecule has 5 nitrogen and oxygen atoms in total. The van der Waals surface area contributed by atoms with Gasteiger partial charge in [-0.25, -0.2) is 9.97 Å². The molecule has 2 aromatic rings. The van der Waals surface area contributed by atoms with Crippen LogP contribution in [0, 0.1) is 13.8 Å². The molecule has 0 bridgehead atoms. The fourth-order valence-corrected chi connectivity index (χ4v) is 3.01. The summed E-state index contributed by atoms with van der Waals surface area (Å²) in [4.78, 5) is 12.1. The van der Waals surface area contributed by atoms with E-state index in [1.165, 1.54) is 35.0 Å². The standard InChI is InChI=1S/C15H19N5/c1-9-6-10(2)11-4-3-5-13(12(11)7-9)19-15-18-8-17-14(16)20-15/h6-8,13H,3-5H2,1-2H3,(H3,16,17,18,19,20). The lowest BCUT2D eigenvalue weighted by Crippen LogP contribution is -2.20. The molecule has 1 aromatic carbocycles. The number of nitrogens with two attached hydrogens (primary N) is 1. The van der Waals surface area contributed by atoms with Crippen molar-refractivity contribution < 1.29 is 0 Å². The van der Waals surface area contributed by atoms with E-state index in [2.05, 4.69) is 46.2 Å². The second-order valence-corrected chi connectivity index (χ2v) is 5.41. The maximum atomic E-state index is 5.60. The molecule has 1 aromatic heterocycles. The monoisotopic (exact) mass is 269 g/mol. The van der Waals surface area contributed by atoms with E-state index >= 15 is 0 Å². The first-order valence-electron chi connectivity index (χ1n) is 6.94. The number of anilines is 2. The van der Waals surface area contributed by atoms with Crippen molar-refractivity contribution in [2.75, 3.05) is 11.1 Å². The lowest BCUT2D eigenvalue weighted by atomic mass is 9.84. The summed E-state index contributed by atoms with van der Waals surface area (Å²) in [6, 6.07) is 4.77. The van der Waals surface area contributed by atoms with Crippen molar-refractivity contribution in [3.63, 3.8) is 0 Å². The van der Waals surface area contributed by atoms with Gasteiger partial charge in [-0.05, 0) is 49.8 Å². The van der Waals surface area contributed by atoms with E-state index < -0.39 is 0 Å². The Morgan fingerprint density at radius 2 is 2.10 bits per heavy atom. The van der Waals surface area contributed by atoms with E-state index in [1.54, 1.807) is 0 Å². The number of aryl methyl sites for hydroxylation is 2. The molecule has 0 fully saturated rings. The quantitative estimate of drug-likeness (QED) is 0.876. The van der Waals surface area contributed by atoms with Crippen LogP contribution in [0.4, 0.5) is 11.9 Å². The van der Waals surface area contributed by atoms with E-state index in [1.807, 2.05) is 0 Å². The topological polar surface area (TPSA) is 76.7 Å². The molecule has 20 heavy (non-hydrogen) atoms. The van der Waals surface area contributed by atoms with Gasteiger partial charge in [-0.15, -0.1) is 0 Å². The van der Waals surface area contributed by atoms with Gasteiger partial charge in [-0.1, -0.05) is 17.7 Å². The average Bonchev–Trinajstić information content (AvgIpc) is 2.40. The molecule has 0 aliphatic heterocycles. The van der Waals surface area contributed by atoms with Gasteiger partial charge < -0.3 is 11.1 Å². The maximum absolute atomic E-state index is 5.60. The van der Waals surface area contributed by atoms with E-state index in [9.17, 15) is 0 Å². The number of rotatable bonds is 2. The van der Waals surface area contributed by atoms with E-state index in [0.717, 1.165) is 12.8 Å². The number of hydrogen-bond acceptors (Lipinski definition) is 5. The third kappa shape index (κ3) is 2.43. The first-order chi connectivity index (χ1) is 9.63. The fourth-order valence-electron chi connectivity index (χ4n) is 3.01. The summed E-state index contributed by atoms with van der Waals surface area (Å²) in [5.74, 6) is 0.800. The molecule has 1 unspecified atom stereocenters. The smallest absolute Gasteiger partial charge is 0.227 e. The SMILES string of the molecule is Cc1cc(C)c2c(c1)C(Nc1ncnc(N)n1)CCC2. The molecule has 1 aliphatic rings. The summed E-state index contributed by atoms with van der Waals surface area (Å²) < 4.78 is 0. The van der Waals surface area contributed by atoms with Gasteiger partial charge in [0.15, 0.2) is 0 Å². The van der Waals surface area contributed by atoms with Gasteiger partial charge in [0, 0.05) is 0 Å². The number of nitrogens with one attached hydrogen (secondary N) is 1. The second kappa shape index (κ2) is 5.07. The highest BCUT2D eigenvalue weighted by atomic mass is 15.2. The highest BCUT2D eigenvalue weighted by Gasteiger charge is 2.22. The van der Waals surface area contributed by atoms with Crippen molar-refractivity contribution in [3.8, 4) is 0 Å². The van der Waals surface area contributed by atoms with Crippen LogP contribution in [0.25, 0.3) is 0 Å². The van der Waals surface area contributed by atoms with Gasteiger partial charge >= 0.3 is 0 Å². The molecule has 0 saturated heterocycles. The molecule has 0 spiro atoms. The molecule has 1 heterocycles. The van der Waals surface area contributed by atoms with Crippen LogP contribution in [0.15, 0.2) is 18.5 Å². The van der Waals surface area contributed by atoms with Crippen molar-refractivity contribution in [3.05, 3.63) is 40.7 Å². The zero-order chi connectivity index (χ0) is 14.1. The number of aromatic nitrogens is 3. The molecule has 0 amide bonds. The lowest BCUT2D eigenvalue weighted by molar-refractivity contribution is 0.593. The third-order valence-electron chi connectivity index (χ3n) is 3.84. The minimum Gasteiger partial charge on any atom is -0.368 e. The number of fused-ring (bicyclic) bond motifs is 1. The summed E-state index contributed by atoms with van der Waals surface area (Å²) >= 11 is 0. The predicted octanol–water partition coefficient (Wildman–Crippen LogP) is 2.56. The average molecular weight is 269 g/mol. The third-order valence-corrected chi connectivity index (χ3v) is 3.84. The molecule has 3 rings (SSSR count). The molecule has 5 heteroatoms. The Bertz CT molecular complexity index is 638. The van der Waals surface area contributed by atoms with Gasteiger partial charge in [0.2, 0.25) is 11.9 Å². The van der Waals surface area contributed by atoms with Crippen LogP contribution in [-0.4, -0.2) is 15.0 Å². The minimum atomic E-state index is 0.249. The van der Waals surface area contributed by atoms with Crippen LogP contribution < -0.4 is 11.1 Å². The predicted molar refractivity (Wildman–Crippen MR) is 79.5 cm³/mol. The summed E-state index contributed by atoms with van der Waals surface area (Å²) in [6.07, 6.45) is 4.85. The molecule has 104 valence electrons. The number of hydrogen-bond donors (Lipinski definition) is 2. The lowest BCUT2D eigenvalue weighted by Gasteiger charge is -2.28. The molecule has 0 radical (unpaired) electrons. The highest BCUT2D eigenvalue weighted by molar-refractivity contribution is 5.45. The maximum Gasteiger partial charge on any atom is 0.227 e. The highest BCUT2D eigenvalue weighted by Crippen LogP contribution is 2.34. The summed E-state index contributed by atoms with van der Waals surface area (Å²) in [6.45, 7) is 4.33. The number of nitrogens with zero attached hydrogens (tertiary/aromatic N) is 3. The van der Waals surface area contributed by atoms with E-state index in [-0.39, 0.29) is 12.0 Å². The molecule has 1 aliphatic carbocycles. The Hall–Kier alpha value is -2.17. The van der Waals surface area contributed by atoms with Crippen molar-refractivity contribution in [2.45, 2.75) is 39.2 Å². The summed E-state index contributed by atoms with van der Waals surface area (Å²) in [7, 11) is 0. The van der Waals surface area contributed by atoms with Crippen LogP contribution >= 0.6 is 0 Å². The van der Waals surface area contributed by atoms with Crippen molar-refractivity contribution >= 4 is 11.9 Å². The Balaban J connectivity index is 1.94. The van der Waals surface area contributed by atoms with Crippen LogP contribution in [0.1, 0.15) is 41.1 Å². The van der Waals surface area contributed by atoms with Crippen LogP contribution in [-0.2, 0) is 6.42 Å². The fraction of sp³-hybridized carbons (Fsp3) is 0.400. The van der Waals surface area contributed by atoms with Gasteiger partial charge in [0.1, 0.15) is 6.33 Å².